The van der Waals surface area contributed by atoms with Crippen molar-refractivity contribution in [3.63, 3.8) is 0 Å². The van der Waals surface area contributed by atoms with Gasteiger partial charge < -0.3 is 10.2 Å². The number of aromatic amines is 1. The van der Waals surface area contributed by atoms with Crippen LogP contribution in [0.3, 0.4) is 0 Å². The predicted octanol–water partition coefficient (Wildman–Crippen LogP) is 1.36. The van der Waals surface area contributed by atoms with Gasteiger partial charge in [-0.3, -0.25) is 14.7 Å². The number of hydrogen-bond donors (Lipinski definition) is 2. The van der Waals surface area contributed by atoms with Crippen LogP contribution >= 0.6 is 11.6 Å². The van der Waals surface area contributed by atoms with Crippen LogP contribution in [0.1, 0.15) is 35.9 Å². The lowest BCUT2D eigenvalue weighted by atomic mass is 9.98. The molecule has 1 aliphatic carbocycles. The Hall–Kier alpha value is -1.56. The average molecular weight is 311 g/mol. The molecule has 0 bridgehead atoms. The minimum absolute atomic E-state index is 0.0121. The van der Waals surface area contributed by atoms with Gasteiger partial charge in [0, 0.05) is 25.9 Å². The van der Waals surface area contributed by atoms with Crippen molar-refractivity contribution in [1.82, 2.24) is 20.4 Å². The van der Waals surface area contributed by atoms with E-state index in [-0.39, 0.29) is 23.6 Å². The topological polar surface area (TPSA) is 78.1 Å². The van der Waals surface area contributed by atoms with Crippen molar-refractivity contribution in [2.75, 3.05) is 13.1 Å². The van der Waals surface area contributed by atoms with Crippen LogP contribution in [0.4, 0.5) is 0 Å². The van der Waals surface area contributed by atoms with Crippen molar-refractivity contribution in [3.8, 4) is 0 Å². The summed E-state index contributed by atoms with van der Waals surface area (Å²) < 4.78 is 0. The van der Waals surface area contributed by atoms with E-state index >= 15 is 0 Å². The first-order valence-electron chi connectivity index (χ1n) is 7.24. The van der Waals surface area contributed by atoms with E-state index in [0.717, 1.165) is 6.54 Å². The number of rotatable bonds is 3. The lowest BCUT2D eigenvalue weighted by molar-refractivity contribution is -0.128. The molecule has 0 aromatic carbocycles. The van der Waals surface area contributed by atoms with Gasteiger partial charge in [0.15, 0.2) is 5.69 Å². The zero-order chi connectivity index (χ0) is 15.1. The van der Waals surface area contributed by atoms with Crippen LogP contribution in [0.15, 0.2) is 0 Å². The van der Waals surface area contributed by atoms with Gasteiger partial charge in [-0.15, -0.1) is 0 Å². The maximum Gasteiger partial charge on any atom is 0.273 e. The Balaban J connectivity index is 1.72. The fourth-order valence-corrected chi connectivity index (χ4v) is 3.21. The molecular formula is C14H19ClN4O2. The zero-order valence-electron chi connectivity index (χ0n) is 12.1. The first-order chi connectivity index (χ1) is 9.97. The smallest absolute Gasteiger partial charge is 0.273 e. The van der Waals surface area contributed by atoms with Gasteiger partial charge in [-0.05, 0) is 25.7 Å². The second-order valence-corrected chi connectivity index (χ2v) is 6.39. The number of hydrogen-bond acceptors (Lipinski definition) is 3. The molecule has 2 heterocycles. The fraction of sp³-hybridized carbons (Fsp3) is 0.643. The fourth-order valence-electron chi connectivity index (χ4n) is 3.04. The summed E-state index contributed by atoms with van der Waals surface area (Å²) in [6, 6.07) is -0.0121. The van der Waals surface area contributed by atoms with E-state index in [2.05, 4.69) is 15.5 Å². The van der Waals surface area contributed by atoms with Gasteiger partial charge in [0.05, 0.1) is 16.8 Å². The minimum Gasteiger partial charge on any atom is -0.346 e. The molecule has 2 aliphatic rings. The Morgan fingerprint density at radius 1 is 1.38 bits per heavy atom. The van der Waals surface area contributed by atoms with Gasteiger partial charge in [-0.2, -0.15) is 5.10 Å². The molecule has 1 saturated carbocycles. The highest BCUT2D eigenvalue weighted by atomic mass is 35.5. The number of amides is 2. The molecule has 21 heavy (non-hydrogen) atoms. The number of nitrogens with zero attached hydrogens (tertiary/aromatic N) is 2. The highest BCUT2D eigenvalue weighted by molar-refractivity contribution is 6.34. The summed E-state index contributed by atoms with van der Waals surface area (Å²) in [5.41, 5.74) is 0.905. The number of aryl methyl sites for hydroxylation is 1. The van der Waals surface area contributed by atoms with E-state index < -0.39 is 0 Å². The van der Waals surface area contributed by atoms with E-state index in [9.17, 15) is 9.59 Å². The second-order valence-electron chi connectivity index (χ2n) is 6.02. The average Bonchev–Trinajstić information content (AvgIpc) is 3.11. The highest BCUT2D eigenvalue weighted by Crippen LogP contribution is 2.41. The Morgan fingerprint density at radius 3 is 2.62 bits per heavy atom. The SMILES string of the molecule is CC(=O)N1CC(NC(=O)c2n[nH]c(C)c2Cl)C(C2CC2)C1. The maximum atomic E-state index is 12.3. The molecule has 7 heteroatoms. The van der Waals surface area contributed by atoms with Crippen LogP contribution in [-0.2, 0) is 4.79 Å². The number of carbonyl (C=O) groups excluding carboxylic acids is 2. The van der Waals surface area contributed by atoms with Crippen LogP contribution in [0.25, 0.3) is 0 Å². The molecule has 2 fully saturated rings. The number of aromatic nitrogens is 2. The summed E-state index contributed by atoms with van der Waals surface area (Å²) in [6.45, 7) is 4.65. The summed E-state index contributed by atoms with van der Waals surface area (Å²) in [6.07, 6.45) is 2.37. The summed E-state index contributed by atoms with van der Waals surface area (Å²) in [5, 5.41) is 10.0. The Kier molecular flexibility index (Phi) is 3.65. The molecule has 1 aliphatic heterocycles. The summed E-state index contributed by atoms with van der Waals surface area (Å²) in [5.74, 6) is 0.754. The molecule has 2 N–H and O–H groups in total. The van der Waals surface area contributed by atoms with Crippen LogP contribution < -0.4 is 5.32 Å². The summed E-state index contributed by atoms with van der Waals surface area (Å²) >= 11 is 6.06. The lowest BCUT2D eigenvalue weighted by Gasteiger charge is -2.18. The number of H-pyrrole nitrogens is 1. The number of likely N-dealkylation sites (tertiary alicyclic amines) is 1. The van der Waals surface area contributed by atoms with E-state index in [1.807, 2.05) is 4.90 Å². The molecule has 114 valence electrons. The van der Waals surface area contributed by atoms with Gasteiger partial charge in [-0.1, -0.05) is 11.6 Å². The lowest BCUT2D eigenvalue weighted by Crippen LogP contribution is -2.41. The van der Waals surface area contributed by atoms with Gasteiger partial charge in [0.1, 0.15) is 0 Å². The molecule has 6 nitrogen and oxygen atoms in total. The monoisotopic (exact) mass is 310 g/mol. The number of halogens is 1. The molecule has 3 rings (SSSR count). The highest BCUT2D eigenvalue weighted by Gasteiger charge is 2.44. The molecule has 0 radical (unpaired) electrons. The normalized spacial score (nSPS) is 25.2. The third-order valence-electron chi connectivity index (χ3n) is 4.44. The van der Waals surface area contributed by atoms with Crippen molar-refractivity contribution < 1.29 is 9.59 Å². The van der Waals surface area contributed by atoms with E-state index in [4.69, 9.17) is 11.6 Å². The van der Waals surface area contributed by atoms with Crippen molar-refractivity contribution in [2.24, 2.45) is 11.8 Å². The largest absolute Gasteiger partial charge is 0.346 e. The second kappa shape index (κ2) is 5.33. The predicted molar refractivity (Wildman–Crippen MR) is 78.1 cm³/mol. The number of carbonyl (C=O) groups is 2. The Labute approximate surface area is 128 Å². The van der Waals surface area contributed by atoms with Crippen LogP contribution in [0.2, 0.25) is 5.02 Å². The van der Waals surface area contributed by atoms with Crippen molar-refractivity contribution in [3.05, 3.63) is 16.4 Å². The first kappa shape index (κ1) is 14.4. The van der Waals surface area contributed by atoms with Gasteiger partial charge in [-0.25, -0.2) is 0 Å². The van der Waals surface area contributed by atoms with E-state index in [1.165, 1.54) is 12.8 Å². The molecule has 1 aromatic heterocycles. The molecule has 0 spiro atoms. The van der Waals surface area contributed by atoms with Gasteiger partial charge in [0.25, 0.3) is 5.91 Å². The zero-order valence-corrected chi connectivity index (χ0v) is 12.9. The Morgan fingerprint density at radius 2 is 2.10 bits per heavy atom. The number of nitrogens with one attached hydrogen (secondary N) is 2. The van der Waals surface area contributed by atoms with Crippen LogP contribution in [0, 0.1) is 18.8 Å². The molecule has 2 unspecified atom stereocenters. The van der Waals surface area contributed by atoms with Gasteiger partial charge in [0.2, 0.25) is 5.91 Å². The first-order valence-corrected chi connectivity index (χ1v) is 7.62. The minimum atomic E-state index is -0.273. The quantitative estimate of drug-likeness (QED) is 0.885. The standard InChI is InChI=1S/C14H19ClN4O2/c1-7-12(15)13(18-17-7)14(21)16-11-6-19(8(2)20)5-10(11)9-3-4-9/h9-11H,3-6H2,1-2H3,(H,16,21)(H,17,18). The van der Waals surface area contributed by atoms with Crippen molar-refractivity contribution >= 4 is 23.4 Å². The van der Waals surface area contributed by atoms with E-state index in [0.29, 0.717) is 29.1 Å². The summed E-state index contributed by atoms with van der Waals surface area (Å²) in [7, 11) is 0. The summed E-state index contributed by atoms with van der Waals surface area (Å²) in [4.78, 5) is 25.7. The molecular weight excluding hydrogens is 292 g/mol. The third kappa shape index (κ3) is 2.77. The Bertz CT molecular complexity index is 582. The van der Waals surface area contributed by atoms with E-state index in [1.54, 1.807) is 13.8 Å². The van der Waals surface area contributed by atoms with Crippen LogP contribution in [0.5, 0.6) is 0 Å². The van der Waals surface area contributed by atoms with Crippen molar-refractivity contribution in [2.45, 2.75) is 32.7 Å². The van der Waals surface area contributed by atoms with Gasteiger partial charge >= 0.3 is 0 Å². The molecule has 1 aromatic rings. The molecule has 2 atom stereocenters. The molecule has 1 saturated heterocycles. The maximum absolute atomic E-state index is 12.3. The van der Waals surface area contributed by atoms with Crippen molar-refractivity contribution in [1.29, 1.82) is 0 Å². The van der Waals surface area contributed by atoms with Crippen LogP contribution in [-0.4, -0.2) is 46.0 Å². The molecule has 2 amide bonds. The third-order valence-corrected chi connectivity index (χ3v) is 4.90.